The Labute approximate surface area is 118 Å². The minimum atomic E-state index is 0.00377. The number of hydrogen-bond acceptors (Lipinski definition) is 6. The molecule has 110 valence electrons. The first-order valence-electron chi connectivity index (χ1n) is 6.81. The largest absolute Gasteiger partial charge is 0.368 e. The van der Waals surface area contributed by atoms with Crippen LogP contribution >= 0.6 is 0 Å². The van der Waals surface area contributed by atoms with Crippen LogP contribution in [0.3, 0.4) is 0 Å². The minimum absolute atomic E-state index is 0.00377. The van der Waals surface area contributed by atoms with Gasteiger partial charge in [0.1, 0.15) is 5.82 Å². The zero-order valence-corrected chi connectivity index (χ0v) is 12.0. The molecule has 0 spiro atoms. The molecule has 2 rings (SSSR count). The van der Waals surface area contributed by atoms with Crippen molar-refractivity contribution in [1.82, 2.24) is 15.3 Å². The van der Waals surface area contributed by atoms with E-state index in [0.29, 0.717) is 18.9 Å². The number of nitrogens with one attached hydrogen (secondary N) is 1. The summed E-state index contributed by atoms with van der Waals surface area (Å²) in [4.78, 5) is 21.7. The first kappa shape index (κ1) is 14.5. The summed E-state index contributed by atoms with van der Waals surface area (Å²) in [5.41, 5.74) is 12.5. The lowest BCUT2D eigenvalue weighted by Crippen LogP contribution is -2.35. The van der Waals surface area contributed by atoms with Crippen LogP contribution in [0.25, 0.3) is 0 Å². The van der Waals surface area contributed by atoms with Crippen molar-refractivity contribution in [3.05, 3.63) is 11.8 Å². The molecule has 1 saturated carbocycles. The minimum Gasteiger partial charge on any atom is -0.368 e. The number of anilines is 2. The van der Waals surface area contributed by atoms with E-state index in [-0.39, 0.29) is 17.9 Å². The van der Waals surface area contributed by atoms with Crippen LogP contribution in [0.15, 0.2) is 6.07 Å². The number of carbonyl (C=O) groups is 1. The predicted molar refractivity (Wildman–Crippen MR) is 78.3 cm³/mol. The Morgan fingerprint density at radius 1 is 1.50 bits per heavy atom. The van der Waals surface area contributed by atoms with Crippen LogP contribution in [0.1, 0.15) is 30.9 Å². The summed E-state index contributed by atoms with van der Waals surface area (Å²) < 4.78 is 0. The van der Waals surface area contributed by atoms with Crippen LogP contribution in [0.2, 0.25) is 0 Å². The highest BCUT2D eigenvalue weighted by atomic mass is 16.1. The van der Waals surface area contributed by atoms with Gasteiger partial charge in [-0.15, -0.1) is 0 Å². The van der Waals surface area contributed by atoms with Gasteiger partial charge in [-0.05, 0) is 12.8 Å². The molecule has 1 aromatic heterocycles. The topological polar surface area (TPSA) is 110 Å². The molecule has 0 bridgehead atoms. The van der Waals surface area contributed by atoms with Gasteiger partial charge in [-0.25, -0.2) is 4.98 Å². The van der Waals surface area contributed by atoms with E-state index in [0.717, 1.165) is 24.4 Å². The van der Waals surface area contributed by atoms with Crippen molar-refractivity contribution in [2.75, 3.05) is 31.3 Å². The van der Waals surface area contributed by atoms with Crippen LogP contribution < -0.4 is 21.7 Å². The van der Waals surface area contributed by atoms with Gasteiger partial charge in [-0.3, -0.25) is 4.79 Å². The van der Waals surface area contributed by atoms with Gasteiger partial charge in [0, 0.05) is 45.1 Å². The summed E-state index contributed by atoms with van der Waals surface area (Å²) in [5, 5.41) is 2.60. The molecule has 1 amide bonds. The molecule has 7 heteroatoms. The number of nitrogens with two attached hydrogens (primary N) is 2. The molecular weight excluding hydrogens is 256 g/mol. The summed E-state index contributed by atoms with van der Waals surface area (Å²) in [5.74, 6) is 1.40. The molecule has 0 aromatic carbocycles. The first-order chi connectivity index (χ1) is 9.49. The number of aromatic nitrogens is 2. The van der Waals surface area contributed by atoms with E-state index in [2.05, 4.69) is 15.3 Å². The smallest absolute Gasteiger partial charge is 0.222 e. The number of amides is 1. The van der Waals surface area contributed by atoms with E-state index in [1.807, 2.05) is 18.0 Å². The SMILES string of the molecule is CNC(=O)CCN(C)c1cc(C2CC(N)C2)nc(N)n1. The Balaban J connectivity index is 2.05. The molecule has 0 atom stereocenters. The summed E-state index contributed by atoms with van der Waals surface area (Å²) >= 11 is 0. The van der Waals surface area contributed by atoms with Gasteiger partial charge in [-0.1, -0.05) is 0 Å². The Bertz CT molecular complexity index is 486. The van der Waals surface area contributed by atoms with Crippen molar-refractivity contribution in [3.8, 4) is 0 Å². The second-order valence-corrected chi connectivity index (χ2v) is 5.28. The third-order valence-electron chi connectivity index (χ3n) is 3.69. The summed E-state index contributed by atoms with van der Waals surface area (Å²) in [7, 11) is 3.52. The average Bonchev–Trinajstić information content (AvgIpc) is 2.40. The normalized spacial score (nSPS) is 21.1. The van der Waals surface area contributed by atoms with Gasteiger partial charge in [0.15, 0.2) is 0 Å². The standard InChI is InChI=1S/C13H22N6O/c1-16-12(20)3-4-19(2)11-7-10(17-13(15)18-11)8-5-9(14)6-8/h7-9H,3-6,14H2,1-2H3,(H,16,20)(H2,15,17,18). The molecule has 0 radical (unpaired) electrons. The quantitative estimate of drug-likeness (QED) is 0.690. The molecule has 1 aliphatic carbocycles. The van der Waals surface area contributed by atoms with E-state index >= 15 is 0 Å². The first-order valence-corrected chi connectivity index (χ1v) is 6.81. The molecular formula is C13H22N6O. The Morgan fingerprint density at radius 2 is 2.20 bits per heavy atom. The van der Waals surface area contributed by atoms with Crippen LogP contribution in [0, 0.1) is 0 Å². The molecule has 1 aliphatic rings. The van der Waals surface area contributed by atoms with Crippen molar-refractivity contribution < 1.29 is 4.79 Å². The maximum Gasteiger partial charge on any atom is 0.222 e. The van der Waals surface area contributed by atoms with Crippen molar-refractivity contribution in [3.63, 3.8) is 0 Å². The Morgan fingerprint density at radius 3 is 2.80 bits per heavy atom. The average molecular weight is 278 g/mol. The van der Waals surface area contributed by atoms with Crippen molar-refractivity contribution >= 4 is 17.7 Å². The van der Waals surface area contributed by atoms with Crippen LogP contribution in [0.5, 0.6) is 0 Å². The van der Waals surface area contributed by atoms with Gasteiger partial charge in [0.2, 0.25) is 11.9 Å². The highest BCUT2D eigenvalue weighted by Crippen LogP contribution is 2.35. The molecule has 1 aromatic rings. The fourth-order valence-electron chi connectivity index (χ4n) is 2.29. The van der Waals surface area contributed by atoms with Gasteiger partial charge in [-0.2, -0.15) is 4.98 Å². The molecule has 5 N–H and O–H groups in total. The van der Waals surface area contributed by atoms with Crippen LogP contribution in [-0.4, -0.2) is 42.6 Å². The van der Waals surface area contributed by atoms with E-state index in [9.17, 15) is 4.79 Å². The predicted octanol–water partition coefficient (Wildman–Crippen LogP) is -0.164. The van der Waals surface area contributed by atoms with Gasteiger partial charge in [0.05, 0.1) is 5.69 Å². The maximum atomic E-state index is 11.3. The van der Waals surface area contributed by atoms with Gasteiger partial charge < -0.3 is 21.7 Å². The molecule has 0 saturated heterocycles. The van der Waals surface area contributed by atoms with Gasteiger partial charge in [0.25, 0.3) is 0 Å². The van der Waals surface area contributed by atoms with E-state index in [1.165, 1.54) is 0 Å². The monoisotopic (exact) mass is 278 g/mol. The number of hydrogen-bond donors (Lipinski definition) is 3. The zero-order chi connectivity index (χ0) is 14.7. The number of carbonyl (C=O) groups excluding carboxylic acids is 1. The summed E-state index contributed by atoms with van der Waals surface area (Å²) in [6, 6.07) is 2.21. The van der Waals surface area contributed by atoms with Crippen LogP contribution in [0.4, 0.5) is 11.8 Å². The van der Waals surface area contributed by atoms with Crippen molar-refractivity contribution in [2.45, 2.75) is 31.2 Å². The fourth-order valence-corrected chi connectivity index (χ4v) is 2.29. The highest BCUT2D eigenvalue weighted by Gasteiger charge is 2.29. The third-order valence-corrected chi connectivity index (χ3v) is 3.69. The molecule has 1 heterocycles. The molecule has 1 fully saturated rings. The fraction of sp³-hybridized carbons (Fsp3) is 0.615. The highest BCUT2D eigenvalue weighted by molar-refractivity contribution is 5.76. The Kier molecular flexibility index (Phi) is 4.39. The third kappa shape index (κ3) is 3.36. The number of rotatable bonds is 5. The Hall–Kier alpha value is -1.89. The second kappa shape index (κ2) is 6.04. The van der Waals surface area contributed by atoms with E-state index < -0.39 is 0 Å². The molecule has 0 unspecified atom stereocenters. The van der Waals surface area contributed by atoms with E-state index in [4.69, 9.17) is 11.5 Å². The summed E-state index contributed by atoms with van der Waals surface area (Å²) in [6.07, 6.45) is 2.30. The molecule has 0 aliphatic heterocycles. The van der Waals surface area contributed by atoms with Crippen molar-refractivity contribution in [1.29, 1.82) is 0 Å². The molecule has 20 heavy (non-hydrogen) atoms. The van der Waals surface area contributed by atoms with Gasteiger partial charge >= 0.3 is 0 Å². The maximum absolute atomic E-state index is 11.3. The lowest BCUT2D eigenvalue weighted by molar-refractivity contribution is -0.120. The number of nitrogens with zero attached hydrogens (tertiary/aromatic N) is 3. The van der Waals surface area contributed by atoms with Crippen LogP contribution in [-0.2, 0) is 4.79 Å². The lowest BCUT2D eigenvalue weighted by Gasteiger charge is -2.32. The molecule has 7 nitrogen and oxygen atoms in total. The van der Waals surface area contributed by atoms with Crippen molar-refractivity contribution in [2.24, 2.45) is 5.73 Å². The number of nitrogen functional groups attached to an aromatic ring is 1. The lowest BCUT2D eigenvalue weighted by atomic mass is 9.78. The zero-order valence-electron chi connectivity index (χ0n) is 12.0. The second-order valence-electron chi connectivity index (χ2n) is 5.28. The summed E-state index contributed by atoms with van der Waals surface area (Å²) in [6.45, 7) is 0.583. The van der Waals surface area contributed by atoms with E-state index in [1.54, 1.807) is 7.05 Å².